The zero-order valence-corrected chi connectivity index (χ0v) is 14.9. The van der Waals surface area contributed by atoms with Gasteiger partial charge in [-0.3, -0.25) is 18.8 Å². The molecule has 0 bridgehead atoms. The van der Waals surface area contributed by atoms with Gasteiger partial charge in [0.05, 0.1) is 10.6 Å². The van der Waals surface area contributed by atoms with Crippen LogP contribution < -0.4 is 10.6 Å². The summed E-state index contributed by atoms with van der Waals surface area (Å²) in [4.78, 5) is 23.7. The molecule has 13 heteroatoms. The van der Waals surface area contributed by atoms with Crippen molar-refractivity contribution in [3.8, 4) is 0 Å². The van der Waals surface area contributed by atoms with Gasteiger partial charge < -0.3 is 5.73 Å². The minimum atomic E-state index is -4.89. The van der Waals surface area contributed by atoms with Crippen LogP contribution in [-0.2, 0) is 25.0 Å². The van der Waals surface area contributed by atoms with Gasteiger partial charge in [-0.05, 0) is 30.3 Å². The maximum atomic E-state index is 12.5. The number of nitrogens with two attached hydrogens (primary N) is 1. The van der Waals surface area contributed by atoms with E-state index in [1.54, 1.807) is 0 Å². The Morgan fingerprint density at radius 1 is 0.963 bits per heavy atom. The Balaban J connectivity index is 2.39. The Morgan fingerprint density at radius 3 is 2.22 bits per heavy atom. The van der Waals surface area contributed by atoms with Crippen LogP contribution in [-0.4, -0.2) is 43.2 Å². The fourth-order valence-corrected chi connectivity index (χ4v) is 3.81. The standard InChI is InChI=1S/C14H11N3O8S2/c15-8-1-3-10-11(5-8)17(14(18)7-16(10)19)12-6-9(26(20,21)22)2-4-13(12)27(23,24)25/h1-6H,7H2,(H3-,15,19,20,21,22,23,24,25)/p+1. The second kappa shape index (κ2) is 6.09. The Bertz CT molecular complexity index is 1200. The zero-order chi connectivity index (χ0) is 20.1. The molecule has 0 saturated heterocycles. The number of carbonyl (C=O) groups is 1. The topological polar surface area (TPSA) is 175 Å². The summed E-state index contributed by atoms with van der Waals surface area (Å²) in [6, 6.07) is 6.06. The molecule has 2 aromatic rings. The highest BCUT2D eigenvalue weighted by Gasteiger charge is 2.39. The summed E-state index contributed by atoms with van der Waals surface area (Å²) in [7, 11) is -9.64. The van der Waals surface area contributed by atoms with Gasteiger partial charge in [0, 0.05) is 21.4 Å². The number of carbonyl (C=O) groups excluding carboxylic acids is 1. The molecule has 142 valence electrons. The first kappa shape index (κ1) is 18.9. The molecule has 1 aliphatic heterocycles. The number of hydrogen-bond acceptors (Lipinski definition) is 7. The van der Waals surface area contributed by atoms with Crippen molar-refractivity contribution >= 4 is 48.9 Å². The number of hydrogen-bond donors (Lipinski definition) is 3. The summed E-state index contributed by atoms with van der Waals surface area (Å²) >= 11 is 0. The largest absolute Gasteiger partial charge is 0.399 e. The number of nitrogens with zero attached hydrogens (tertiary/aromatic N) is 2. The van der Waals surface area contributed by atoms with Crippen LogP contribution >= 0.6 is 0 Å². The molecule has 27 heavy (non-hydrogen) atoms. The number of nitrogen functional groups attached to an aromatic ring is 1. The van der Waals surface area contributed by atoms with Crippen LogP contribution in [0.25, 0.3) is 0 Å². The normalized spacial score (nSPS) is 15.0. The van der Waals surface area contributed by atoms with Crippen LogP contribution in [0.3, 0.4) is 0 Å². The van der Waals surface area contributed by atoms with Crippen molar-refractivity contribution in [2.24, 2.45) is 0 Å². The number of fused-ring (bicyclic) bond motifs is 1. The SMILES string of the molecule is Nc1ccc2c(c1)N(c1cc(S(=O)(=O)O)ccc1S(=O)(=O)O)C(=O)C[N+]2=O. The Hall–Kier alpha value is -2.87. The highest BCUT2D eigenvalue weighted by Crippen LogP contribution is 2.41. The summed E-state index contributed by atoms with van der Waals surface area (Å²) in [5.41, 5.74) is 5.12. The highest BCUT2D eigenvalue weighted by atomic mass is 32.2. The molecular formula is C14H12N3O8S2+. The lowest BCUT2D eigenvalue weighted by Crippen LogP contribution is -2.37. The number of anilines is 3. The van der Waals surface area contributed by atoms with Crippen molar-refractivity contribution in [3.05, 3.63) is 41.3 Å². The number of rotatable bonds is 3. The lowest BCUT2D eigenvalue weighted by molar-refractivity contribution is -0.451. The molecule has 0 unspecified atom stereocenters. The third-order valence-electron chi connectivity index (χ3n) is 3.78. The quantitative estimate of drug-likeness (QED) is 0.373. The van der Waals surface area contributed by atoms with Gasteiger partial charge in [0.15, 0.2) is 0 Å². The molecule has 0 atom stereocenters. The van der Waals surface area contributed by atoms with Gasteiger partial charge in [-0.15, -0.1) is 0 Å². The van der Waals surface area contributed by atoms with Gasteiger partial charge >= 0.3 is 5.91 Å². The number of amides is 1. The van der Waals surface area contributed by atoms with Crippen molar-refractivity contribution in [1.82, 2.24) is 0 Å². The van der Waals surface area contributed by atoms with Crippen molar-refractivity contribution in [3.63, 3.8) is 0 Å². The van der Waals surface area contributed by atoms with E-state index < -0.39 is 48.2 Å². The molecule has 3 rings (SSSR count). The van der Waals surface area contributed by atoms with Crippen molar-refractivity contribution in [2.75, 3.05) is 17.2 Å². The molecular weight excluding hydrogens is 402 g/mol. The maximum Gasteiger partial charge on any atom is 0.302 e. The van der Waals surface area contributed by atoms with Crippen molar-refractivity contribution in [2.45, 2.75) is 9.79 Å². The summed E-state index contributed by atoms with van der Waals surface area (Å²) < 4.78 is 65.3. The average Bonchev–Trinajstić information content (AvgIpc) is 2.52. The molecule has 0 spiro atoms. The van der Waals surface area contributed by atoms with E-state index in [2.05, 4.69) is 0 Å². The molecule has 1 heterocycles. The van der Waals surface area contributed by atoms with Crippen LogP contribution in [0.2, 0.25) is 0 Å². The van der Waals surface area contributed by atoms with E-state index in [1.165, 1.54) is 18.2 Å². The molecule has 0 fully saturated rings. The molecule has 0 aromatic heterocycles. The fourth-order valence-electron chi connectivity index (χ4n) is 2.66. The maximum absolute atomic E-state index is 12.5. The summed E-state index contributed by atoms with van der Waals surface area (Å²) in [5.74, 6) is -0.902. The van der Waals surface area contributed by atoms with E-state index in [9.17, 15) is 35.6 Å². The second-order valence-corrected chi connectivity index (χ2v) is 8.41. The Labute approximate surface area is 153 Å². The van der Waals surface area contributed by atoms with Crippen LogP contribution in [0, 0.1) is 4.91 Å². The van der Waals surface area contributed by atoms with Crippen molar-refractivity contribution in [1.29, 1.82) is 0 Å². The minimum absolute atomic E-state index is 0.0256. The summed E-state index contributed by atoms with van der Waals surface area (Å²) in [5, 5.41) is 0. The molecule has 2 aromatic carbocycles. The predicted molar refractivity (Wildman–Crippen MR) is 92.2 cm³/mol. The van der Waals surface area contributed by atoms with Gasteiger partial charge in [0.2, 0.25) is 0 Å². The lowest BCUT2D eigenvalue weighted by atomic mass is 10.1. The minimum Gasteiger partial charge on any atom is -0.399 e. The Kier molecular flexibility index (Phi) is 4.26. The molecule has 0 radical (unpaired) electrons. The molecule has 1 aliphatic rings. The van der Waals surface area contributed by atoms with Gasteiger partial charge in [-0.1, -0.05) is 0 Å². The first-order valence-electron chi connectivity index (χ1n) is 7.16. The third kappa shape index (κ3) is 3.40. The van der Waals surface area contributed by atoms with Crippen LogP contribution in [0.15, 0.2) is 46.2 Å². The van der Waals surface area contributed by atoms with Crippen LogP contribution in [0.5, 0.6) is 0 Å². The highest BCUT2D eigenvalue weighted by molar-refractivity contribution is 7.86. The monoisotopic (exact) mass is 414 g/mol. The van der Waals surface area contributed by atoms with E-state index >= 15 is 0 Å². The van der Waals surface area contributed by atoms with Gasteiger partial charge in [0.1, 0.15) is 10.6 Å². The fraction of sp³-hybridized carbons (Fsp3) is 0.0714. The van der Waals surface area contributed by atoms with E-state index in [-0.39, 0.29) is 17.1 Å². The van der Waals surface area contributed by atoms with Gasteiger partial charge in [-0.25, -0.2) is 0 Å². The Morgan fingerprint density at radius 2 is 1.63 bits per heavy atom. The average molecular weight is 414 g/mol. The van der Waals surface area contributed by atoms with E-state index in [1.807, 2.05) is 0 Å². The summed E-state index contributed by atoms with van der Waals surface area (Å²) in [6.45, 7) is -0.696. The first-order chi connectivity index (χ1) is 12.4. The van der Waals surface area contributed by atoms with E-state index in [0.717, 1.165) is 17.0 Å². The molecule has 4 N–H and O–H groups in total. The number of benzene rings is 2. The van der Waals surface area contributed by atoms with Crippen molar-refractivity contribution < 1.29 is 35.5 Å². The predicted octanol–water partition coefficient (Wildman–Crippen LogP) is 0.851. The van der Waals surface area contributed by atoms with E-state index in [4.69, 9.17) is 5.73 Å². The zero-order valence-electron chi connectivity index (χ0n) is 13.3. The lowest BCUT2D eigenvalue weighted by Gasteiger charge is -2.26. The second-order valence-electron chi connectivity index (χ2n) is 5.59. The van der Waals surface area contributed by atoms with Crippen LogP contribution in [0.1, 0.15) is 0 Å². The molecule has 0 aliphatic carbocycles. The van der Waals surface area contributed by atoms with E-state index in [0.29, 0.717) is 10.8 Å². The van der Waals surface area contributed by atoms with Gasteiger partial charge in [0.25, 0.3) is 32.5 Å². The smallest absolute Gasteiger partial charge is 0.302 e. The number of nitroso groups, excluding NO2 is 1. The third-order valence-corrected chi connectivity index (χ3v) is 5.54. The van der Waals surface area contributed by atoms with Gasteiger partial charge in [-0.2, -0.15) is 16.8 Å². The van der Waals surface area contributed by atoms with Crippen LogP contribution in [0.4, 0.5) is 22.7 Å². The first-order valence-corrected chi connectivity index (χ1v) is 10.0. The molecule has 0 saturated carbocycles. The summed E-state index contributed by atoms with van der Waals surface area (Å²) in [6.07, 6.45) is 0. The molecule has 11 nitrogen and oxygen atoms in total. The molecule has 1 amide bonds.